The molecule has 1 amide bonds. The first kappa shape index (κ1) is 26.2. The Hall–Kier alpha value is -3.08. The van der Waals surface area contributed by atoms with Gasteiger partial charge >= 0.3 is 18.1 Å². The second kappa shape index (κ2) is 10.7. The summed E-state index contributed by atoms with van der Waals surface area (Å²) in [6.07, 6.45) is -4.88. The summed E-state index contributed by atoms with van der Waals surface area (Å²) in [5, 5.41) is 1.85. The van der Waals surface area contributed by atoms with Crippen LogP contribution >= 0.6 is 0 Å². The summed E-state index contributed by atoms with van der Waals surface area (Å²) in [7, 11) is -3.87. The number of hydrogen-bond donors (Lipinski definition) is 1. The fourth-order valence-corrected chi connectivity index (χ4v) is 4.29. The van der Waals surface area contributed by atoms with Gasteiger partial charge in [-0.15, -0.1) is 0 Å². The average Bonchev–Trinajstić information content (AvgIpc) is 2.72. The van der Waals surface area contributed by atoms with Gasteiger partial charge in [0.2, 0.25) is 9.84 Å². The van der Waals surface area contributed by atoms with Crippen LogP contribution in [-0.2, 0) is 30.6 Å². The molecule has 0 aromatic heterocycles. The van der Waals surface area contributed by atoms with Gasteiger partial charge in [-0.25, -0.2) is 13.2 Å². The van der Waals surface area contributed by atoms with Gasteiger partial charge in [0.25, 0.3) is 0 Å². The second-order valence-corrected chi connectivity index (χ2v) is 9.19. The molecular weight excluding hydrogens is 463 g/mol. The molecule has 0 bridgehead atoms. The highest BCUT2D eigenvalue weighted by molar-refractivity contribution is 7.91. The second-order valence-electron chi connectivity index (χ2n) is 7.24. The quantitative estimate of drug-likeness (QED) is 0.545. The van der Waals surface area contributed by atoms with Crippen LogP contribution in [0.25, 0.3) is 0 Å². The number of hydrogen-bond acceptors (Lipinski definition) is 6. The molecule has 1 N–H and O–H groups in total. The van der Waals surface area contributed by atoms with Gasteiger partial charge in [-0.2, -0.15) is 13.2 Å². The smallest absolute Gasteiger partial charge is 0.471 e. The minimum atomic E-state index is -4.97. The lowest BCUT2D eigenvalue weighted by molar-refractivity contribution is -0.174. The third-order valence-corrected chi connectivity index (χ3v) is 6.29. The molecule has 2 aromatic rings. The average molecular weight is 487 g/mol. The van der Waals surface area contributed by atoms with E-state index in [-0.39, 0.29) is 29.4 Å². The molecule has 0 aliphatic heterocycles. The lowest BCUT2D eigenvalue weighted by Crippen LogP contribution is -2.42. The van der Waals surface area contributed by atoms with Crippen LogP contribution in [0.15, 0.2) is 52.3 Å². The van der Waals surface area contributed by atoms with Gasteiger partial charge in [0.1, 0.15) is 5.75 Å². The predicted octanol–water partition coefficient (Wildman–Crippen LogP) is 3.38. The Balaban J connectivity index is 2.10. The number of nitrogens with one attached hydrogen (secondary N) is 1. The first-order valence-corrected chi connectivity index (χ1v) is 11.4. The minimum Gasteiger partial charge on any atom is -0.482 e. The van der Waals surface area contributed by atoms with Crippen LogP contribution in [0.3, 0.4) is 0 Å². The molecule has 0 heterocycles. The van der Waals surface area contributed by atoms with Crippen molar-refractivity contribution in [3.05, 3.63) is 53.6 Å². The van der Waals surface area contributed by atoms with Crippen molar-refractivity contribution >= 4 is 21.7 Å². The first-order chi connectivity index (χ1) is 15.3. The Morgan fingerprint density at radius 3 is 2.21 bits per heavy atom. The third-order valence-electron chi connectivity index (χ3n) is 4.52. The summed E-state index contributed by atoms with van der Waals surface area (Å²) in [4.78, 5) is 22.4. The lowest BCUT2D eigenvalue weighted by atomic mass is 10.1. The molecule has 7 nitrogen and oxygen atoms in total. The molecule has 0 saturated heterocycles. The molecule has 0 unspecified atom stereocenters. The van der Waals surface area contributed by atoms with E-state index in [9.17, 15) is 31.2 Å². The zero-order chi connectivity index (χ0) is 24.8. The summed E-state index contributed by atoms with van der Waals surface area (Å²) in [6.45, 7) is 4.64. The Kier molecular flexibility index (Phi) is 8.48. The number of sulfone groups is 1. The maximum absolute atomic E-state index is 12.9. The number of carbonyl (C=O) groups is 2. The Morgan fingerprint density at radius 2 is 1.67 bits per heavy atom. The molecular formula is C22H24F3NO6S. The lowest BCUT2D eigenvalue weighted by Gasteiger charge is -2.15. The molecule has 0 fully saturated rings. The first-order valence-electron chi connectivity index (χ1n) is 9.95. The Bertz CT molecular complexity index is 1100. The van der Waals surface area contributed by atoms with Gasteiger partial charge in [0.05, 0.1) is 16.4 Å². The zero-order valence-corrected chi connectivity index (χ0v) is 19.0. The molecule has 0 aliphatic rings. The van der Waals surface area contributed by atoms with E-state index >= 15 is 0 Å². The summed E-state index contributed by atoms with van der Waals surface area (Å²) >= 11 is 0. The third kappa shape index (κ3) is 7.21. The summed E-state index contributed by atoms with van der Waals surface area (Å²) in [6, 6.07) is 9.07. The fraction of sp³-hybridized carbons (Fsp3) is 0.364. The maximum Gasteiger partial charge on any atom is 0.471 e. The van der Waals surface area contributed by atoms with Gasteiger partial charge < -0.3 is 14.8 Å². The van der Waals surface area contributed by atoms with Crippen molar-refractivity contribution in [1.29, 1.82) is 0 Å². The van der Waals surface area contributed by atoms with Gasteiger partial charge in [-0.05, 0) is 68.7 Å². The molecule has 33 heavy (non-hydrogen) atoms. The molecule has 180 valence electrons. The van der Waals surface area contributed by atoms with Gasteiger partial charge in [0.15, 0.2) is 6.61 Å². The topological polar surface area (TPSA) is 98.8 Å². The van der Waals surface area contributed by atoms with E-state index in [4.69, 9.17) is 9.47 Å². The van der Waals surface area contributed by atoms with Crippen LogP contribution in [0.4, 0.5) is 13.2 Å². The molecule has 0 aliphatic carbocycles. The maximum atomic E-state index is 12.9. The van der Waals surface area contributed by atoms with Crippen molar-refractivity contribution in [2.75, 3.05) is 13.2 Å². The van der Waals surface area contributed by atoms with Crippen molar-refractivity contribution in [3.63, 3.8) is 0 Å². The molecule has 2 rings (SSSR count). The number of amides is 1. The summed E-state index contributed by atoms with van der Waals surface area (Å²) < 4.78 is 73.1. The Labute approximate surface area is 189 Å². The van der Waals surface area contributed by atoms with Crippen LogP contribution in [-0.4, -0.2) is 45.7 Å². The van der Waals surface area contributed by atoms with Crippen molar-refractivity contribution in [1.82, 2.24) is 5.32 Å². The zero-order valence-electron chi connectivity index (χ0n) is 18.2. The highest BCUT2D eigenvalue weighted by Gasteiger charge is 2.39. The van der Waals surface area contributed by atoms with E-state index in [1.165, 1.54) is 49.4 Å². The van der Waals surface area contributed by atoms with Gasteiger partial charge in [-0.1, -0.05) is 12.1 Å². The monoisotopic (exact) mass is 487 g/mol. The summed E-state index contributed by atoms with van der Waals surface area (Å²) in [5.41, 5.74) is 1.06. The van der Waals surface area contributed by atoms with E-state index in [2.05, 4.69) is 0 Å². The van der Waals surface area contributed by atoms with Gasteiger partial charge in [-0.3, -0.25) is 4.79 Å². The van der Waals surface area contributed by atoms with Gasteiger partial charge in [0, 0.05) is 6.04 Å². The van der Waals surface area contributed by atoms with E-state index < -0.39 is 33.9 Å². The van der Waals surface area contributed by atoms with Crippen molar-refractivity contribution in [2.24, 2.45) is 0 Å². The molecule has 11 heteroatoms. The van der Waals surface area contributed by atoms with Crippen LogP contribution in [0.2, 0.25) is 0 Å². The van der Waals surface area contributed by atoms with Crippen molar-refractivity contribution in [2.45, 2.75) is 49.2 Å². The van der Waals surface area contributed by atoms with Crippen molar-refractivity contribution < 1.29 is 40.7 Å². The minimum absolute atomic E-state index is 0.00202. The van der Waals surface area contributed by atoms with Crippen molar-refractivity contribution in [3.8, 4) is 5.75 Å². The number of alkyl halides is 3. The number of esters is 1. The molecule has 0 radical (unpaired) electrons. The number of halogens is 3. The number of benzene rings is 2. The highest BCUT2D eigenvalue weighted by Crippen LogP contribution is 2.27. The van der Waals surface area contributed by atoms with E-state index in [0.29, 0.717) is 16.9 Å². The summed E-state index contributed by atoms with van der Waals surface area (Å²) in [5.74, 6) is -2.23. The van der Waals surface area contributed by atoms with Crippen LogP contribution in [0, 0.1) is 6.92 Å². The number of ether oxygens (including phenoxy) is 2. The largest absolute Gasteiger partial charge is 0.482 e. The Morgan fingerprint density at radius 1 is 1.06 bits per heavy atom. The molecule has 2 aromatic carbocycles. The van der Waals surface area contributed by atoms with E-state index in [1.807, 2.05) is 5.32 Å². The highest BCUT2D eigenvalue weighted by atomic mass is 32.2. The fourth-order valence-electron chi connectivity index (χ4n) is 2.94. The van der Waals surface area contributed by atoms with Crippen LogP contribution in [0.5, 0.6) is 5.75 Å². The number of aryl methyl sites for hydroxylation is 1. The predicted molar refractivity (Wildman–Crippen MR) is 113 cm³/mol. The standard InChI is InChI=1S/C22H24F3NO6S/c1-4-31-20(27)13-32-19-10-9-18(11-14(19)2)33(29,30)17-7-5-16(6-8-17)12-15(3)26-21(28)22(23,24)25/h5-11,15H,4,12-13H2,1-3H3,(H,26,28)/t15-/m1/s1. The number of rotatable bonds is 9. The molecule has 0 saturated carbocycles. The molecule has 1 atom stereocenters. The molecule has 0 spiro atoms. The van der Waals surface area contributed by atoms with E-state index in [0.717, 1.165) is 0 Å². The van der Waals surface area contributed by atoms with Crippen LogP contribution < -0.4 is 10.1 Å². The number of carbonyl (C=O) groups excluding carboxylic acids is 2. The van der Waals surface area contributed by atoms with E-state index in [1.54, 1.807) is 13.8 Å². The SMILES string of the molecule is CCOC(=O)COc1ccc(S(=O)(=O)c2ccc(C[C@@H](C)NC(=O)C(F)(F)F)cc2)cc1C. The van der Waals surface area contributed by atoms with Crippen LogP contribution in [0.1, 0.15) is 25.0 Å². The normalized spacial score (nSPS) is 12.7.